The van der Waals surface area contributed by atoms with Gasteiger partial charge < -0.3 is 10.1 Å². The number of nitrogens with one attached hydrogen (secondary N) is 1. The second kappa shape index (κ2) is 7.82. The van der Waals surface area contributed by atoms with Gasteiger partial charge >= 0.3 is 0 Å². The fourth-order valence-electron chi connectivity index (χ4n) is 1.93. The Bertz CT molecular complexity index is 649. The molecule has 0 aliphatic heterocycles. The highest BCUT2D eigenvalue weighted by atomic mass is 79.9. The molecule has 0 aromatic heterocycles. The van der Waals surface area contributed by atoms with Crippen molar-refractivity contribution in [2.75, 3.05) is 6.54 Å². The molecular weight excluding hydrogens is 328 g/mol. The lowest BCUT2D eigenvalue weighted by Crippen LogP contribution is -2.11. The predicted molar refractivity (Wildman–Crippen MR) is 87.0 cm³/mol. The van der Waals surface area contributed by atoms with Crippen LogP contribution in [0.25, 0.3) is 0 Å². The van der Waals surface area contributed by atoms with E-state index in [1.54, 1.807) is 6.07 Å². The number of nitrogens with zero attached hydrogens (tertiary/aromatic N) is 1. The Labute approximate surface area is 133 Å². The maximum Gasteiger partial charge on any atom is 0.134 e. The Morgan fingerprint density at radius 1 is 1.19 bits per heavy atom. The van der Waals surface area contributed by atoms with E-state index < -0.39 is 0 Å². The Morgan fingerprint density at radius 2 is 2.05 bits per heavy atom. The van der Waals surface area contributed by atoms with Crippen molar-refractivity contribution >= 4 is 15.9 Å². The predicted octanol–water partition coefficient (Wildman–Crippen LogP) is 4.01. The molecule has 3 nitrogen and oxygen atoms in total. The summed E-state index contributed by atoms with van der Waals surface area (Å²) in [7, 11) is 0. The number of rotatable bonds is 6. The lowest BCUT2D eigenvalue weighted by Gasteiger charge is -2.10. The zero-order valence-corrected chi connectivity index (χ0v) is 13.5. The van der Waals surface area contributed by atoms with Crippen LogP contribution in [0.2, 0.25) is 0 Å². The van der Waals surface area contributed by atoms with Crippen LogP contribution in [0.5, 0.6) is 5.75 Å². The average molecular weight is 345 g/mol. The van der Waals surface area contributed by atoms with E-state index in [4.69, 9.17) is 10.00 Å². The van der Waals surface area contributed by atoms with Crippen molar-refractivity contribution in [1.82, 2.24) is 5.32 Å². The van der Waals surface area contributed by atoms with E-state index in [1.807, 2.05) is 24.3 Å². The van der Waals surface area contributed by atoms with E-state index in [-0.39, 0.29) is 0 Å². The highest BCUT2D eigenvalue weighted by Gasteiger charge is 2.04. The van der Waals surface area contributed by atoms with Crippen molar-refractivity contribution in [2.24, 2.45) is 0 Å². The van der Waals surface area contributed by atoms with Gasteiger partial charge in [-0.15, -0.1) is 0 Å². The number of hydrogen-bond donors (Lipinski definition) is 1. The van der Waals surface area contributed by atoms with Crippen LogP contribution in [-0.4, -0.2) is 6.54 Å². The molecule has 21 heavy (non-hydrogen) atoms. The van der Waals surface area contributed by atoms with E-state index in [2.05, 4.69) is 46.4 Å². The zero-order valence-electron chi connectivity index (χ0n) is 11.9. The lowest BCUT2D eigenvalue weighted by molar-refractivity contribution is 0.304. The number of ether oxygens (including phenoxy) is 1. The summed E-state index contributed by atoms with van der Waals surface area (Å²) < 4.78 is 6.74. The van der Waals surface area contributed by atoms with E-state index in [0.29, 0.717) is 12.2 Å². The summed E-state index contributed by atoms with van der Waals surface area (Å²) >= 11 is 3.54. The van der Waals surface area contributed by atoms with Crippen LogP contribution >= 0.6 is 15.9 Å². The summed E-state index contributed by atoms with van der Waals surface area (Å²) in [4.78, 5) is 0. The Morgan fingerprint density at radius 3 is 2.76 bits per heavy atom. The highest BCUT2D eigenvalue weighted by Crippen LogP contribution is 2.27. The normalized spacial score (nSPS) is 10.1. The molecule has 0 saturated carbocycles. The van der Waals surface area contributed by atoms with E-state index in [0.717, 1.165) is 28.9 Å². The van der Waals surface area contributed by atoms with Gasteiger partial charge in [-0.05, 0) is 57.9 Å². The smallest absolute Gasteiger partial charge is 0.134 e. The quantitative estimate of drug-likeness (QED) is 0.860. The molecule has 0 unspecified atom stereocenters. The third kappa shape index (κ3) is 4.59. The lowest BCUT2D eigenvalue weighted by atomic mass is 10.1. The summed E-state index contributed by atoms with van der Waals surface area (Å²) in [6.07, 6.45) is 0. The molecule has 2 aromatic rings. The first-order valence-corrected chi connectivity index (χ1v) is 7.63. The highest BCUT2D eigenvalue weighted by molar-refractivity contribution is 9.10. The second-order valence-electron chi connectivity index (χ2n) is 4.65. The molecule has 2 rings (SSSR count). The van der Waals surface area contributed by atoms with Gasteiger partial charge in [-0.25, -0.2) is 0 Å². The number of benzene rings is 2. The van der Waals surface area contributed by atoms with Gasteiger partial charge in [0.1, 0.15) is 12.4 Å². The van der Waals surface area contributed by atoms with Crippen molar-refractivity contribution in [3.8, 4) is 11.8 Å². The first-order chi connectivity index (χ1) is 10.2. The fraction of sp³-hybridized carbons (Fsp3) is 0.235. The molecular formula is C17H17BrN2O. The average Bonchev–Trinajstić information content (AvgIpc) is 2.52. The van der Waals surface area contributed by atoms with Gasteiger partial charge in [0.05, 0.1) is 16.1 Å². The molecule has 0 saturated heterocycles. The maximum atomic E-state index is 8.89. The summed E-state index contributed by atoms with van der Waals surface area (Å²) in [5, 5.41) is 12.2. The van der Waals surface area contributed by atoms with Gasteiger partial charge in [-0.3, -0.25) is 0 Å². The van der Waals surface area contributed by atoms with Gasteiger partial charge in [0, 0.05) is 6.54 Å². The summed E-state index contributed by atoms with van der Waals surface area (Å²) in [5.41, 5.74) is 2.84. The fourth-order valence-corrected chi connectivity index (χ4v) is 2.47. The molecule has 0 aliphatic carbocycles. The van der Waals surface area contributed by atoms with Gasteiger partial charge in [-0.1, -0.05) is 25.1 Å². The van der Waals surface area contributed by atoms with Crippen LogP contribution in [0, 0.1) is 11.3 Å². The molecule has 1 N–H and O–H groups in total. The zero-order chi connectivity index (χ0) is 15.1. The van der Waals surface area contributed by atoms with E-state index >= 15 is 0 Å². The molecule has 108 valence electrons. The van der Waals surface area contributed by atoms with Crippen LogP contribution in [0.15, 0.2) is 46.9 Å². The molecule has 4 heteroatoms. The van der Waals surface area contributed by atoms with Gasteiger partial charge in [0.25, 0.3) is 0 Å². The standard InChI is InChI=1S/C17H17BrN2O/c1-2-20-11-14-6-7-17(16(18)9-14)21-12-15-5-3-4-13(8-15)10-19/h3-9,20H,2,11-12H2,1H3. The first kappa shape index (κ1) is 15.6. The van der Waals surface area contributed by atoms with Gasteiger partial charge in [-0.2, -0.15) is 5.26 Å². The van der Waals surface area contributed by atoms with E-state index in [9.17, 15) is 0 Å². The van der Waals surface area contributed by atoms with Crippen molar-refractivity contribution in [2.45, 2.75) is 20.1 Å². The van der Waals surface area contributed by atoms with Crippen LogP contribution in [-0.2, 0) is 13.2 Å². The minimum atomic E-state index is 0.445. The molecule has 0 bridgehead atoms. The number of hydrogen-bond acceptors (Lipinski definition) is 3. The van der Waals surface area contributed by atoms with Crippen molar-refractivity contribution in [1.29, 1.82) is 5.26 Å². The molecule has 0 atom stereocenters. The molecule has 2 aromatic carbocycles. The van der Waals surface area contributed by atoms with E-state index in [1.165, 1.54) is 5.56 Å². The van der Waals surface area contributed by atoms with Crippen molar-refractivity contribution in [3.63, 3.8) is 0 Å². The molecule has 0 heterocycles. The maximum absolute atomic E-state index is 8.89. The number of nitriles is 1. The van der Waals surface area contributed by atoms with Crippen molar-refractivity contribution in [3.05, 3.63) is 63.6 Å². The molecule has 0 spiro atoms. The summed E-state index contributed by atoms with van der Waals surface area (Å²) in [5.74, 6) is 0.803. The van der Waals surface area contributed by atoms with Crippen LogP contribution in [0.4, 0.5) is 0 Å². The van der Waals surface area contributed by atoms with Crippen LogP contribution in [0.3, 0.4) is 0 Å². The molecule has 0 radical (unpaired) electrons. The monoisotopic (exact) mass is 344 g/mol. The summed E-state index contributed by atoms with van der Waals surface area (Å²) in [6, 6.07) is 15.7. The third-order valence-electron chi connectivity index (χ3n) is 3.03. The summed E-state index contributed by atoms with van der Waals surface area (Å²) in [6.45, 7) is 4.33. The first-order valence-electron chi connectivity index (χ1n) is 6.84. The van der Waals surface area contributed by atoms with Crippen molar-refractivity contribution < 1.29 is 4.74 Å². The molecule has 0 aliphatic rings. The topological polar surface area (TPSA) is 45.0 Å². The molecule has 0 amide bonds. The number of halogens is 1. The minimum Gasteiger partial charge on any atom is -0.488 e. The third-order valence-corrected chi connectivity index (χ3v) is 3.65. The van der Waals surface area contributed by atoms with Gasteiger partial charge in [0.2, 0.25) is 0 Å². The second-order valence-corrected chi connectivity index (χ2v) is 5.50. The Balaban J connectivity index is 2.01. The largest absolute Gasteiger partial charge is 0.488 e. The molecule has 0 fully saturated rings. The van der Waals surface area contributed by atoms with Crippen LogP contribution in [0.1, 0.15) is 23.6 Å². The minimum absolute atomic E-state index is 0.445. The van der Waals surface area contributed by atoms with Gasteiger partial charge in [0.15, 0.2) is 0 Å². The SMILES string of the molecule is CCNCc1ccc(OCc2cccc(C#N)c2)c(Br)c1. The Kier molecular flexibility index (Phi) is 5.79. The Hall–Kier alpha value is -1.83. The van der Waals surface area contributed by atoms with Crippen LogP contribution < -0.4 is 10.1 Å².